The van der Waals surface area contributed by atoms with Crippen LogP contribution in [0.2, 0.25) is 0 Å². The molecule has 0 saturated heterocycles. The first kappa shape index (κ1) is 20.6. The van der Waals surface area contributed by atoms with Crippen LogP contribution in [-0.4, -0.2) is 19.8 Å². The topological polar surface area (TPSA) is 44.5 Å². The van der Waals surface area contributed by atoms with Crippen molar-refractivity contribution in [2.75, 3.05) is 19.8 Å². The second-order valence-corrected chi connectivity index (χ2v) is 7.23. The van der Waals surface area contributed by atoms with Crippen molar-refractivity contribution in [1.82, 2.24) is 0 Å². The summed E-state index contributed by atoms with van der Waals surface area (Å²) in [5.74, 6) is 4.95. The zero-order chi connectivity index (χ0) is 16.4. The van der Waals surface area contributed by atoms with Gasteiger partial charge in [0, 0.05) is 18.1 Å². The Kier molecular flexibility index (Phi) is 14.7. The lowest BCUT2D eigenvalue weighted by molar-refractivity contribution is 0.0816. The smallest absolute Gasteiger partial charge is 0.0701 e. The van der Waals surface area contributed by atoms with Crippen LogP contribution in [0.4, 0.5) is 0 Å². The molecule has 0 aliphatic rings. The summed E-state index contributed by atoms with van der Waals surface area (Å²) in [6.07, 6.45) is 15.8. The minimum atomic E-state index is 0.591. The fraction of sp³-hybridized carbons (Fsp3) is 0.789. The highest BCUT2D eigenvalue weighted by Crippen LogP contribution is 2.15. The van der Waals surface area contributed by atoms with Crippen molar-refractivity contribution < 1.29 is 9.57 Å². The van der Waals surface area contributed by atoms with E-state index in [4.69, 9.17) is 10.6 Å². The standard InChI is InChI=1S/C19H35NO2S/c20-22-17-12-16-21-15-10-8-6-4-2-1-3-5-7-9-13-19-14-11-18-23-19/h11,14,18H,1-10,12-13,15-17,20H2. The average molecular weight is 342 g/mol. The molecule has 0 aliphatic heterocycles. The molecule has 4 heteroatoms. The summed E-state index contributed by atoms with van der Waals surface area (Å²) in [4.78, 5) is 6.04. The van der Waals surface area contributed by atoms with E-state index in [0.717, 1.165) is 19.6 Å². The molecule has 1 heterocycles. The maximum atomic E-state index is 5.51. The van der Waals surface area contributed by atoms with Crippen LogP contribution >= 0.6 is 11.3 Å². The quantitative estimate of drug-likeness (QED) is 0.301. The SMILES string of the molecule is NOCCCOCCCCCCCCCCCCc1cccs1. The molecular weight excluding hydrogens is 306 g/mol. The van der Waals surface area contributed by atoms with Crippen LogP contribution < -0.4 is 5.90 Å². The summed E-state index contributed by atoms with van der Waals surface area (Å²) in [5.41, 5.74) is 0. The third-order valence-electron chi connectivity index (χ3n) is 4.09. The lowest BCUT2D eigenvalue weighted by atomic mass is 10.1. The van der Waals surface area contributed by atoms with Crippen LogP contribution in [0, 0.1) is 0 Å². The van der Waals surface area contributed by atoms with Crippen molar-refractivity contribution in [3.8, 4) is 0 Å². The Morgan fingerprint density at radius 3 is 1.96 bits per heavy atom. The molecule has 2 N–H and O–H groups in total. The van der Waals surface area contributed by atoms with Crippen molar-refractivity contribution in [2.24, 2.45) is 5.90 Å². The highest BCUT2D eigenvalue weighted by Gasteiger charge is 1.96. The molecule has 134 valence electrons. The number of ether oxygens (including phenoxy) is 1. The van der Waals surface area contributed by atoms with E-state index in [-0.39, 0.29) is 0 Å². The van der Waals surface area contributed by atoms with Gasteiger partial charge in [0.25, 0.3) is 0 Å². The van der Waals surface area contributed by atoms with Gasteiger partial charge in [-0.2, -0.15) is 0 Å². The van der Waals surface area contributed by atoms with E-state index in [1.165, 1.54) is 70.6 Å². The van der Waals surface area contributed by atoms with Gasteiger partial charge in [0.05, 0.1) is 6.61 Å². The number of unbranched alkanes of at least 4 members (excludes halogenated alkanes) is 9. The minimum absolute atomic E-state index is 0.591. The molecule has 0 aromatic carbocycles. The second kappa shape index (κ2) is 16.4. The Balaban J connectivity index is 1.67. The molecule has 0 aliphatic carbocycles. The largest absolute Gasteiger partial charge is 0.381 e. The maximum Gasteiger partial charge on any atom is 0.0701 e. The van der Waals surface area contributed by atoms with E-state index in [2.05, 4.69) is 22.4 Å². The van der Waals surface area contributed by atoms with E-state index in [0.29, 0.717) is 6.61 Å². The van der Waals surface area contributed by atoms with Crippen LogP contribution in [0.5, 0.6) is 0 Å². The molecule has 0 bridgehead atoms. The Bertz CT molecular complexity index is 330. The highest BCUT2D eigenvalue weighted by molar-refractivity contribution is 7.09. The first-order chi connectivity index (χ1) is 11.4. The van der Waals surface area contributed by atoms with Crippen LogP contribution in [0.1, 0.15) is 75.5 Å². The van der Waals surface area contributed by atoms with E-state index in [9.17, 15) is 0 Å². The lowest BCUT2D eigenvalue weighted by Crippen LogP contribution is -2.05. The highest BCUT2D eigenvalue weighted by atomic mass is 32.1. The average Bonchev–Trinajstić information content (AvgIpc) is 3.08. The number of aryl methyl sites for hydroxylation is 1. The zero-order valence-electron chi connectivity index (χ0n) is 14.6. The maximum absolute atomic E-state index is 5.51. The molecule has 0 amide bonds. The second-order valence-electron chi connectivity index (χ2n) is 6.20. The van der Waals surface area contributed by atoms with Gasteiger partial charge in [0.15, 0.2) is 0 Å². The lowest BCUT2D eigenvalue weighted by Gasteiger charge is -2.04. The number of rotatable bonds is 17. The third kappa shape index (κ3) is 13.7. The predicted octanol–water partition coefficient (Wildman–Crippen LogP) is 5.49. The molecule has 1 rings (SSSR count). The number of thiophene rings is 1. The number of nitrogens with two attached hydrogens (primary N) is 1. The normalized spacial score (nSPS) is 11.2. The minimum Gasteiger partial charge on any atom is -0.381 e. The van der Waals surface area contributed by atoms with Crippen LogP contribution in [0.25, 0.3) is 0 Å². The van der Waals surface area contributed by atoms with Crippen molar-refractivity contribution >= 4 is 11.3 Å². The van der Waals surface area contributed by atoms with Crippen LogP contribution in [-0.2, 0) is 16.0 Å². The first-order valence-electron chi connectivity index (χ1n) is 9.35. The zero-order valence-corrected chi connectivity index (χ0v) is 15.5. The fourth-order valence-corrected chi connectivity index (χ4v) is 3.47. The van der Waals surface area contributed by atoms with Crippen molar-refractivity contribution in [2.45, 2.75) is 77.0 Å². The van der Waals surface area contributed by atoms with Gasteiger partial charge in [-0.25, -0.2) is 5.90 Å². The van der Waals surface area contributed by atoms with Crippen molar-refractivity contribution in [1.29, 1.82) is 0 Å². The van der Waals surface area contributed by atoms with Crippen molar-refractivity contribution in [3.63, 3.8) is 0 Å². The van der Waals surface area contributed by atoms with Gasteiger partial charge in [0.1, 0.15) is 0 Å². The van der Waals surface area contributed by atoms with Gasteiger partial charge >= 0.3 is 0 Å². The number of hydrogen-bond acceptors (Lipinski definition) is 4. The van der Waals surface area contributed by atoms with E-state index < -0.39 is 0 Å². The van der Waals surface area contributed by atoms with Gasteiger partial charge < -0.3 is 9.57 Å². The molecule has 1 aromatic heterocycles. The summed E-state index contributed by atoms with van der Waals surface area (Å²) < 4.78 is 5.51. The van der Waals surface area contributed by atoms with Crippen LogP contribution in [0.3, 0.4) is 0 Å². The van der Waals surface area contributed by atoms with Gasteiger partial charge in [-0.05, 0) is 37.1 Å². The molecule has 23 heavy (non-hydrogen) atoms. The van der Waals surface area contributed by atoms with E-state index >= 15 is 0 Å². The third-order valence-corrected chi connectivity index (χ3v) is 5.03. The van der Waals surface area contributed by atoms with Gasteiger partial charge in [-0.15, -0.1) is 11.3 Å². The molecule has 1 aromatic rings. The van der Waals surface area contributed by atoms with E-state index in [1.54, 1.807) is 4.88 Å². The summed E-state index contributed by atoms with van der Waals surface area (Å²) in [6, 6.07) is 4.41. The molecule has 0 saturated carbocycles. The molecule has 0 atom stereocenters. The van der Waals surface area contributed by atoms with Gasteiger partial charge in [0.2, 0.25) is 0 Å². The summed E-state index contributed by atoms with van der Waals surface area (Å²) in [7, 11) is 0. The van der Waals surface area contributed by atoms with Crippen molar-refractivity contribution in [3.05, 3.63) is 22.4 Å². The Labute approximate surface area is 146 Å². The summed E-state index contributed by atoms with van der Waals surface area (Å²) >= 11 is 1.89. The Morgan fingerprint density at radius 1 is 0.739 bits per heavy atom. The van der Waals surface area contributed by atoms with Gasteiger partial charge in [-0.1, -0.05) is 57.4 Å². The predicted molar refractivity (Wildman–Crippen MR) is 99.8 cm³/mol. The van der Waals surface area contributed by atoms with Gasteiger partial charge in [-0.3, -0.25) is 0 Å². The molecule has 0 unspecified atom stereocenters. The molecule has 0 radical (unpaired) electrons. The summed E-state index contributed by atoms with van der Waals surface area (Å²) in [6.45, 7) is 2.24. The Hall–Kier alpha value is -0.420. The fourth-order valence-electron chi connectivity index (χ4n) is 2.72. The number of hydrogen-bond donors (Lipinski definition) is 1. The summed E-state index contributed by atoms with van der Waals surface area (Å²) in [5, 5.41) is 2.18. The molecule has 0 fully saturated rings. The monoisotopic (exact) mass is 341 g/mol. The van der Waals surface area contributed by atoms with E-state index in [1.807, 2.05) is 11.3 Å². The molecule has 0 spiro atoms. The first-order valence-corrected chi connectivity index (χ1v) is 10.2. The molecular formula is C19H35NO2S. The van der Waals surface area contributed by atoms with Crippen LogP contribution in [0.15, 0.2) is 17.5 Å². The Morgan fingerprint density at radius 2 is 1.35 bits per heavy atom. The molecule has 3 nitrogen and oxygen atoms in total.